The maximum Gasteiger partial charge on any atom is 0.796 e. The molecule has 6 aromatic rings. The van der Waals surface area contributed by atoms with Crippen LogP contribution in [0.5, 0.6) is 34.5 Å². The van der Waals surface area contributed by atoms with Gasteiger partial charge in [0.05, 0.1) is 86.2 Å². The van der Waals surface area contributed by atoms with Gasteiger partial charge in [-0.2, -0.15) is 0 Å². The monoisotopic (exact) mass is 2090 g/mol. The van der Waals surface area contributed by atoms with Gasteiger partial charge in [0.2, 0.25) is 17.3 Å². The van der Waals surface area contributed by atoms with E-state index in [0.717, 1.165) is 99.3 Å². The third-order valence-electron chi connectivity index (χ3n) is 31.4. The Hall–Kier alpha value is -6.79. The molecule has 2 N–H and O–H groups in total. The van der Waals surface area contributed by atoms with Crippen LogP contribution in [0.15, 0.2) is 42.7 Å². The Labute approximate surface area is 918 Å². The SMILES string of the molecule is CCCCCCCCCCCCCCCCOc1cc(-n2cc(-c3[nH]c(C(=O)/C=C(\OB(F)F)c4[nH]c(-c5cn(-c6cc(OCCCCCCCCCCCCCCCC)c(OCCCCCCCCCCCCCCCC)c(OCCCCCCCCCCCCCCCC)c6)nn5)c(CC)c4CC)c(CC)c3CC)nn2)cc(OCCCCCCCCCCCCCCCC)c1OCCCCCCCCCCCCCCCC. The fourth-order valence-electron chi connectivity index (χ4n) is 22.0. The number of aromatic nitrogens is 8. The molecular formula is C131H227BF2N8O8. The molecule has 0 atom stereocenters. The highest BCUT2D eigenvalue weighted by Crippen LogP contribution is 2.45. The highest BCUT2D eigenvalue weighted by molar-refractivity contribution is 6.36. The van der Waals surface area contributed by atoms with Crippen molar-refractivity contribution in [1.82, 2.24) is 40.0 Å². The van der Waals surface area contributed by atoms with Gasteiger partial charge < -0.3 is 43.0 Å². The molecule has 0 aliphatic heterocycles. The Bertz CT molecular complexity index is 4100. The van der Waals surface area contributed by atoms with Crippen molar-refractivity contribution >= 4 is 19.0 Å². The molecule has 4 aromatic heterocycles. The van der Waals surface area contributed by atoms with Crippen molar-refractivity contribution in [2.45, 2.75) is 634 Å². The number of rotatable bonds is 109. The Morgan fingerprint density at radius 1 is 0.260 bits per heavy atom. The molecule has 6 rings (SSSR count). The molecule has 0 bridgehead atoms. The molecule has 0 aliphatic rings. The summed E-state index contributed by atoms with van der Waals surface area (Å²) in [6.45, 7) is 25.2. The van der Waals surface area contributed by atoms with E-state index < -0.39 is 13.3 Å². The summed E-state index contributed by atoms with van der Waals surface area (Å²) < 4.78 is 81.2. The number of hydrogen-bond donors (Lipinski definition) is 2. The molecule has 0 radical (unpaired) electrons. The lowest BCUT2D eigenvalue weighted by atomic mass is 9.99. The van der Waals surface area contributed by atoms with Crippen LogP contribution in [0.25, 0.3) is 39.9 Å². The molecule has 0 unspecified atom stereocenters. The molecule has 0 fully saturated rings. The first kappa shape index (κ1) is 132. The van der Waals surface area contributed by atoms with Crippen molar-refractivity contribution in [3.8, 4) is 68.6 Å². The number of hydrogen-bond acceptors (Lipinski definition) is 12. The first-order valence-corrected chi connectivity index (χ1v) is 64.7. The summed E-state index contributed by atoms with van der Waals surface area (Å²) in [7, 11) is -3.25. The number of halogens is 2. The maximum atomic E-state index is 15.4. The second-order valence-electron chi connectivity index (χ2n) is 44.6. The van der Waals surface area contributed by atoms with Crippen molar-refractivity contribution in [2.75, 3.05) is 39.6 Å². The molecule has 16 nitrogen and oxygen atoms in total. The minimum absolute atomic E-state index is 0.272. The van der Waals surface area contributed by atoms with E-state index in [1.54, 1.807) is 9.36 Å². The fourth-order valence-corrected chi connectivity index (χ4v) is 22.0. The molecule has 4 heterocycles. The van der Waals surface area contributed by atoms with E-state index in [1.165, 1.54) is 468 Å². The molecule has 0 saturated carbocycles. The van der Waals surface area contributed by atoms with Gasteiger partial charge in [0.1, 0.15) is 17.1 Å². The summed E-state index contributed by atoms with van der Waals surface area (Å²) >= 11 is 0. The van der Waals surface area contributed by atoms with Crippen LogP contribution in [-0.4, -0.2) is 92.9 Å². The number of ketones is 1. The molecular weight excluding hydrogens is 1860 g/mol. The van der Waals surface area contributed by atoms with Crippen molar-refractivity contribution in [1.29, 1.82) is 0 Å². The van der Waals surface area contributed by atoms with Crippen LogP contribution < -0.4 is 28.4 Å². The number of carbonyl (C=O) groups excluding carboxylic acids is 1. The van der Waals surface area contributed by atoms with Gasteiger partial charge in [-0.05, 0) is 86.5 Å². The van der Waals surface area contributed by atoms with E-state index in [-0.39, 0.29) is 17.1 Å². The molecule has 19 heteroatoms. The Balaban J connectivity index is 1.29. The number of aromatic amines is 2. The second kappa shape index (κ2) is 91.3. The van der Waals surface area contributed by atoms with Crippen molar-refractivity contribution in [3.63, 3.8) is 0 Å². The van der Waals surface area contributed by atoms with Crippen molar-refractivity contribution in [2.24, 2.45) is 0 Å². The van der Waals surface area contributed by atoms with Crippen LogP contribution >= 0.6 is 0 Å². The van der Waals surface area contributed by atoms with E-state index in [9.17, 15) is 0 Å². The lowest BCUT2D eigenvalue weighted by Crippen LogP contribution is -2.09. The first-order valence-electron chi connectivity index (χ1n) is 64.7. The zero-order valence-electron chi connectivity index (χ0n) is 98.8. The number of nitrogens with one attached hydrogen (secondary N) is 2. The molecule has 150 heavy (non-hydrogen) atoms. The quantitative estimate of drug-likeness (QED) is 0.0122. The summed E-state index contributed by atoms with van der Waals surface area (Å²) in [5.41, 5.74) is 7.48. The summed E-state index contributed by atoms with van der Waals surface area (Å²) in [5, 5.41) is 19.4. The van der Waals surface area contributed by atoms with Crippen LogP contribution in [0.3, 0.4) is 0 Å². The third kappa shape index (κ3) is 58.8. The Kier molecular flexibility index (Phi) is 80.3. The highest BCUT2D eigenvalue weighted by atomic mass is 19.2. The smallest absolute Gasteiger partial charge is 0.503 e. The Morgan fingerprint density at radius 3 is 0.647 bits per heavy atom. The predicted molar refractivity (Wildman–Crippen MR) is 636 cm³/mol. The number of benzene rings is 2. The number of ether oxygens (including phenoxy) is 6. The van der Waals surface area contributed by atoms with Crippen LogP contribution in [-0.2, 0) is 30.3 Å². The molecule has 2 aromatic carbocycles. The van der Waals surface area contributed by atoms with Crippen LogP contribution in [0.4, 0.5) is 8.63 Å². The van der Waals surface area contributed by atoms with Crippen LogP contribution in [0.2, 0.25) is 0 Å². The summed E-state index contributed by atoms with van der Waals surface area (Å²) in [5.74, 6) is 3.00. The minimum Gasteiger partial charge on any atom is -0.503 e. The van der Waals surface area contributed by atoms with Gasteiger partial charge in [-0.3, -0.25) is 4.79 Å². The van der Waals surface area contributed by atoms with Crippen LogP contribution in [0.1, 0.15) is 647 Å². The molecule has 0 aliphatic carbocycles. The van der Waals surface area contributed by atoms with E-state index in [1.807, 2.05) is 50.5 Å². The summed E-state index contributed by atoms with van der Waals surface area (Å²) in [6, 6.07) is 8.08. The average Bonchev–Trinajstić information content (AvgIpc) is 1.62. The van der Waals surface area contributed by atoms with E-state index in [0.29, 0.717) is 134 Å². The zero-order valence-corrected chi connectivity index (χ0v) is 98.8. The van der Waals surface area contributed by atoms with Gasteiger partial charge in [0.15, 0.2) is 23.0 Å². The van der Waals surface area contributed by atoms with Gasteiger partial charge in [-0.25, -0.2) is 18.0 Å². The summed E-state index contributed by atoms with van der Waals surface area (Å²) in [6.07, 6.45) is 115. The lowest BCUT2D eigenvalue weighted by molar-refractivity contribution is 0.104. The highest BCUT2D eigenvalue weighted by Gasteiger charge is 2.31. The largest absolute Gasteiger partial charge is 0.796 e. The van der Waals surface area contributed by atoms with Crippen molar-refractivity contribution in [3.05, 3.63) is 76.4 Å². The van der Waals surface area contributed by atoms with Gasteiger partial charge in [-0.1, -0.05) is 580 Å². The third-order valence-corrected chi connectivity index (χ3v) is 31.4. The number of allylic oxidation sites excluding steroid dienone is 1. The zero-order chi connectivity index (χ0) is 107. The van der Waals surface area contributed by atoms with Gasteiger partial charge in [-0.15, -0.1) is 10.2 Å². The number of carbonyl (C=O) groups is 1. The van der Waals surface area contributed by atoms with Gasteiger partial charge in [0.25, 0.3) is 0 Å². The molecule has 856 valence electrons. The minimum atomic E-state index is -3.25. The standard InChI is InChI=1S/C131H227BF2N8O8/c1-11-21-27-33-39-45-51-57-63-69-75-81-87-93-99-144-122-105-112(106-123(145-100-94-88-82-76-70-64-58-52-46-40-34-28-22-12-2)130(122)148-103-97-91-85-79-73-67-61-55-49-43-37-31-25-15-5)141-110-118(137-139-141)126-114(17-7)116(19-9)128(135-126)120(143)109-121(150-132(133)134)129-117(20-10)115(18-8)127(136-129)119-111-142(140-138-119)113-107-124(146-101-95-89-83-77-71-65-59-53-47-41-35-29-23-13-3)131(149-104-98-92-86-80-74-68-62-56-50-44-38-32-26-16-6)125(108-113)147-102-96-90-84-78-72-66-60-54-48-42-36-30-24-14-4/h105-111,135-136H,11-104H2,1-10H3/b121-109-. The average molecular weight is 2090 g/mol. The second-order valence-corrected chi connectivity index (χ2v) is 44.6. The number of unbranched alkanes of at least 4 members (excludes halogenated alkanes) is 78. The van der Waals surface area contributed by atoms with Crippen molar-refractivity contribution < 1.29 is 46.5 Å². The van der Waals surface area contributed by atoms with Gasteiger partial charge >= 0.3 is 7.47 Å². The maximum absolute atomic E-state index is 15.4. The van der Waals surface area contributed by atoms with E-state index in [2.05, 4.69) is 65.4 Å². The topological polar surface area (TPSA) is 175 Å². The van der Waals surface area contributed by atoms with Gasteiger partial charge in [0, 0.05) is 30.3 Å². The molecule has 0 spiro atoms. The fraction of sp³-hybridized carbons (Fsp3) is 0.794. The first-order chi connectivity index (χ1) is 74.0. The van der Waals surface area contributed by atoms with E-state index >= 15 is 13.4 Å². The number of H-pyrrole nitrogens is 2. The number of nitrogens with zero attached hydrogens (tertiary/aromatic N) is 6. The van der Waals surface area contributed by atoms with E-state index in [4.69, 9.17) is 53.7 Å². The normalized spacial score (nSPS) is 11.8. The lowest BCUT2D eigenvalue weighted by Gasteiger charge is -2.19. The predicted octanol–water partition coefficient (Wildman–Crippen LogP) is 42.4. The van der Waals surface area contributed by atoms with Crippen LogP contribution in [0, 0.1) is 0 Å². The molecule has 0 amide bonds. The summed E-state index contributed by atoms with van der Waals surface area (Å²) in [4.78, 5) is 22.5. The Morgan fingerprint density at radius 2 is 0.447 bits per heavy atom. The molecule has 0 saturated heterocycles.